The summed E-state index contributed by atoms with van der Waals surface area (Å²) in [6, 6.07) is 1.84. The summed E-state index contributed by atoms with van der Waals surface area (Å²) < 4.78 is 5.19. The van der Waals surface area contributed by atoms with Gasteiger partial charge in [-0.25, -0.2) is 9.97 Å². The Balaban J connectivity index is 2.81. The zero-order valence-corrected chi connectivity index (χ0v) is 11.1. The third-order valence-electron chi connectivity index (χ3n) is 2.28. The van der Waals surface area contributed by atoms with E-state index >= 15 is 0 Å². The molecule has 0 aliphatic rings. The van der Waals surface area contributed by atoms with Gasteiger partial charge in [0.05, 0.1) is 6.10 Å². The SMILES string of the molecule is COC(C)Cc1nc(Cl)cc(CC(C)C)n1. The highest BCUT2D eigenvalue weighted by atomic mass is 35.5. The lowest BCUT2D eigenvalue weighted by Crippen LogP contribution is -2.12. The van der Waals surface area contributed by atoms with E-state index in [1.165, 1.54) is 0 Å². The normalized spacial score (nSPS) is 13.1. The lowest BCUT2D eigenvalue weighted by atomic mass is 10.1. The Labute approximate surface area is 102 Å². The Hall–Kier alpha value is -0.670. The molecule has 0 saturated carbocycles. The van der Waals surface area contributed by atoms with Crippen LogP contribution in [0.4, 0.5) is 0 Å². The maximum absolute atomic E-state index is 5.97. The van der Waals surface area contributed by atoms with E-state index in [1.807, 2.05) is 13.0 Å². The van der Waals surface area contributed by atoms with Gasteiger partial charge in [-0.3, -0.25) is 0 Å². The predicted octanol–water partition coefficient (Wildman–Crippen LogP) is 2.91. The zero-order chi connectivity index (χ0) is 12.1. The highest BCUT2D eigenvalue weighted by molar-refractivity contribution is 6.29. The van der Waals surface area contributed by atoms with Crippen molar-refractivity contribution in [1.82, 2.24) is 9.97 Å². The monoisotopic (exact) mass is 242 g/mol. The van der Waals surface area contributed by atoms with Gasteiger partial charge in [-0.1, -0.05) is 25.4 Å². The molecule has 0 bridgehead atoms. The second-order valence-electron chi connectivity index (χ2n) is 4.45. The van der Waals surface area contributed by atoms with Crippen molar-refractivity contribution >= 4 is 11.6 Å². The number of hydrogen-bond donors (Lipinski definition) is 0. The van der Waals surface area contributed by atoms with Gasteiger partial charge in [-0.2, -0.15) is 0 Å². The van der Waals surface area contributed by atoms with Crippen molar-refractivity contribution in [3.8, 4) is 0 Å². The highest BCUT2D eigenvalue weighted by Crippen LogP contribution is 2.12. The van der Waals surface area contributed by atoms with Gasteiger partial charge < -0.3 is 4.74 Å². The molecule has 0 radical (unpaired) electrons. The molecule has 1 rings (SSSR count). The van der Waals surface area contributed by atoms with Crippen LogP contribution in [0.5, 0.6) is 0 Å². The quantitative estimate of drug-likeness (QED) is 0.745. The van der Waals surface area contributed by atoms with Crippen molar-refractivity contribution in [3.05, 3.63) is 22.7 Å². The molecule has 1 aromatic heterocycles. The van der Waals surface area contributed by atoms with Crippen molar-refractivity contribution in [3.63, 3.8) is 0 Å². The fourth-order valence-electron chi connectivity index (χ4n) is 1.47. The van der Waals surface area contributed by atoms with Crippen LogP contribution in [0.3, 0.4) is 0 Å². The molecule has 0 aromatic carbocycles. The van der Waals surface area contributed by atoms with E-state index in [-0.39, 0.29) is 6.10 Å². The van der Waals surface area contributed by atoms with Gasteiger partial charge in [0.2, 0.25) is 0 Å². The Morgan fingerprint density at radius 2 is 1.94 bits per heavy atom. The van der Waals surface area contributed by atoms with Gasteiger partial charge in [0, 0.05) is 19.2 Å². The molecule has 0 spiro atoms. The van der Waals surface area contributed by atoms with Gasteiger partial charge in [0.25, 0.3) is 0 Å². The third kappa shape index (κ3) is 4.45. The molecule has 16 heavy (non-hydrogen) atoms. The molecule has 0 aliphatic carbocycles. The van der Waals surface area contributed by atoms with Crippen LogP contribution in [0.15, 0.2) is 6.07 Å². The molecule has 1 atom stereocenters. The number of ether oxygens (including phenoxy) is 1. The van der Waals surface area contributed by atoms with Crippen molar-refractivity contribution in [2.24, 2.45) is 5.92 Å². The Morgan fingerprint density at radius 1 is 1.25 bits per heavy atom. The van der Waals surface area contributed by atoms with Crippen molar-refractivity contribution in [2.75, 3.05) is 7.11 Å². The van der Waals surface area contributed by atoms with Crippen LogP contribution in [0.25, 0.3) is 0 Å². The maximum Gasteiger partial charge on any atom is 0.133 e. The molecule has 0 N–H and O–H groups in total. The van der Waals surface area contributed by atoms with E-state index < -0.39 is 0 Å². The minimum absolute atomic E-state index is 0.116. The van der Waals surface area contributed by atoms with E-state index in [4.69, 9.17) is 16.3 Å². The largest absolute Gasteiger partial charge is 0.381 e. The molecule has 90 valence electrons. The number of hydrogen-bond acceptors (Lipinski definition) is 3. The van der Waals surface area contributed by atoms with Crippen LogP contribution in [-0.4, -0.2) is 23.2 Å². The van der Waals surface area contributed by atoms with Crippen LogP contribution < -0.4 is 0 Å². The third-order valence-corrected chi connectivity index (χ3v) is 2.48. The summed E-state index contributed by atoms with van der Waals surface area (Å²) in [7, 11) is 1.68. The average Bonchev–Trinajstić information content (AvgIpc) is 2.15. The first-order valence-corrected chi connectivity index (χ1v) is 5.94. The molecule has 1 aromatic rings. The first-order valence-electron chi connectivity index (χ1n) is 5.56. The smallest absolute Gasteiger partial charge is 0.133 e. The molecule has 3 nitrogen and oxygen atoms in total. The van der Waals surface area contributed by atoms with Gasteiger partial charge in [0.1, 0.15) is 11.0 Å². The van der Waals surface area contributed by atoms with Gasteiger partial charge in [0.15, 0.2) is 0 Å². The van der Waals surface area contributed by atoms with E-state index in [0.29, 0.717) is 17.5 Å². The molecule has 4 heteroatoms. The second-order valence-corrected chi connectivity index (χ2v) is 4.83. The summed E-state index contributed by atoms with van der Waals surface area (Å²) >= 11 is 5.97. The number of aromatic nitrogens is 2. The minimum atomic E-state index is 0.116. The van der Waals surface area contributed by atoms with Gasteiger partial charge in [-0.15, -0.1) is 0 Å². The van der Waals surface area contributed by atoms with E-state index in [2.05, 4.69) is 23.8 Å². The summed E-state index contributed by atoms with van der Waals surface area (Å²) in [5.41, 5.74) is 1.01. The summed E-state index contributed by atoms with van der Waals surface area (Å²) in [6.45, 7) is 6.31. The summed E-state index contributed by atoms with van der Waals surface area (Å²) in [5, 5.41) is 0.518. The standard InChI is InChI=1S/C12H19ClN2O/c1-8(2)5-10-7-11(13)15-12(14-10)6-9(3)16-4/h7-9H,5-6H2,1-4H3. The van der Waals surface area contributed by atoms with Crippen LogP contribution in [0, 0.1) is 5.92 Å². The summed E-state index contributed by atoms with van der Waals surface area (Å²) in [6.07, 6.45) is 1.74. The molecular formula is C12H19ClN2O. The van der Waals surface area contributed by atoms with Crippen molar-refractivity contribution < 1.29 is 4.74 Å². The van der Waals surface area contributed by atoms with E-state index in [0.717, 1.165) is 17.9 Å². The first-order chi connectivity index (χ1) is 7.51. The Kier molecular flexibility index (Phi) is 5.16. The number of nitrogens with zero attached hydrogens (tertiary/aromatic N) is 2. The van der Waals surface area contributed by atoms with E-state index in [1.54, 1.807) is 7.11 Å². The van der Waals surface area contributed by atoms with Crippen molar-refractivity contribution in [1.29, 1.82) is 0 Å². The summed E-state index contributed by atoms with van der Waals surface area (Å²) in [4.78, 5) is 8.69. The van der Waals surface area contributed by atoms with Crippen LogP contribution in [0.1, 0.15) is 32.3 Å². The molecular weight excluding hydrogens is 224 g/mol. The number of methoxy groups -OCH3 is 1. The first kappa shape index (κ1) is 13.4. The molecule has 0 aliphatic heterocycles. The molecule has 0 fully saturated rings. The molecule has 1 unspecified atom stereocenters. The summed E-state index contributed by atoms with van der Waals surface area (Å²) in [5.74, 6) is 1.33. The lowest BCUT2D eigenvalue weighted by Gasteiger charge is -2.10. The Morgan fingerprint density at radius 3 is 2.50 bits per heavy atom. The molecule has 0 amide bonds. The van der Waals surface area contributed by atoms with Crippen LogP contribution >= 0.6 is 11.6 Å². The Bertz CT molecular complexity index is 342. The van der Waals surface area contributed by atoms with Gasteiger partial charge >= 0.3 is 0 Å². The van der Waals surface area contributed by atoms with Gasteiger partial charge in [-0.05, 0) is 25.3 Å². The maximum atomic E-state index is 5.97. The number of halogens is 1. The van der Waals surface area contributed by atoms with Crippen LogP contribution in [0.2, 0.25) is 5.15 Å². The van der Waals surface area contributed by atoms with Crippen molar-refractivity contribution in [2.45, 2.75) is 39.7 Å². The molecule has 0 saturated heterocycles. The molecule has 1 heterocycles. The fourth-order valence-corrected chi connectivity index (χ4v) is 1.69. The number of rotatable bonds is 5. The van der Waals surface area contributed by atoms with E-state index in [9.17, 15) is 0 Å². The zero-order valence-electron chi connectivity index (χ0n) is 10.3. The minimum Gasteiger partial charge on any atom is -0.381 e. The lowest BCUT2D eigenvalue weighted by molar-refractivity contribution is 0.117. The fraction of sp³-hybridized carbons (Fsp3) is 0.667. The highest BCUT2D eigenvalue weighted by Gasteiger charge is 2.08. The predicted molar refractivity (Wildman–Crippen MR) is 65.8 cm³/mol. The van der Waals surface area contributed by atoms with Crippen LogP contribution in [-0.2, 0) is 17.6 Å². The second kappa shape index (κ2) is 6.16. The average molecular weight is 243 g/mol. The topological polar surface area (TPSA) is 35.0 Å².